The number of hydrogen-bond acceptors (Lipinski definition) is 5. The van der Waals surface area contributed by atoms with E-state index in [-0.39, 0.29) is 0 Å². The lowest BCUT2D eigenvalue weighted by atomic mass is 10.2. The molecule has 1 aromatic carbocycles. The van der Waals surface area contributed by atoms with Crippen molar-refractivity contribution in [3.8, 4) is 11.3 Å². The monoisotopic (exact) mass is 299 g/mol. The van der Waals surface area contributed by atoms with E-state index in [4.69, 9.17) is 0 Å². The topological polar surface area (TPSA) is 37.3 Å². The van der Waals surface area contributed by atoms with Crippen molar-refractivity contribution in [3.05, 3.63) is 57.6 Å². The third kappa shape index (κ3) is 2.95. The molecule has 0 amide bonds. The van der Waals surface area contributed by atoms with Crippen molar-refractivity contribution in [1.29, 1.82) is 0 Å². The van der Waals surface area contributed by atoms with Gasteiger partial charge in [0.1, 0.15) is 0 Å². The summed E-state index contributed by atoms with van der Waals surface area (Å²) in [6.45, 7) is 2.08. The van der Waals surface area contributed by atoms with Gasteiger partial charge in [0.15, 0.2) is 0 Å². The molecule has 0 atom stereocenters. The van der Waals surface area contributed by atoms with E-state index in [0.29, 0.717) is 0 Å². The maximum Gasteiger partial charge on any atom is 0.203 e. The van der Waals surface area contributed by atoms with Crippen LogP contribution in [0.1, 0.15) is 10.4 Å². The number of hydrogen-bond donors (Lipinski definition) is 1. The predicted molar refractivity (Wildman–Crippen MR) is 87.8 cm³/mol. The number of aromatic nitrogens is 1. The number of rotatable bonds is 4. The fourth-order valence-corrected chi connectivity index (χ4v) is 3.18. The first-order chi connectivity index (χ1) is 9.83. The van der Waals surface area contributed by atoms with E-state index in [2.05, 4.69) is 46.0 Å². The number of anilines is 1. The van der Waals surface area contributed by atoms with Gasteiger partial charge >= 0.3 is 0 Å². The summed E-state index contributed by atoms with van der Waals surface area (Å²) in [4.78, 5) is 5.68. The molecule has 3 aromatic rings. The Bertz CT molecular complexity index is 714. The van der Waals surface area contributed by atoms with Crippen LogP contribution in [0.2, 0.25) is 0 Å². The smallest absolute Gasteiger partial charge is 0.203 e. The summed E-state index contributed by atoms with van der Waals surface area (Å²) < 4.78 is 0. The van der Waals surface area contributed by atoms with Crippen LogP contribution < -0.4 is 5.43 Å². The molecule has 0 unspecified atom stereocenters. The van der Waals surface area contributed by atoms with Crippen LogP contribution in [-0.2, 0) is 0 Å². The van der Waals surface area contributed by atoms with E-state index < -0.39 is 0 Å². The van der Waals surface area contributed by atoms with Crippen molar-refractivity contribution in [1.82, 2.24) is 4.98 Å². The Kier molecular flexibility index (Phi) is 3.90. The van der Waals surface area contributed by atoms with Gasteiger partial charge < -0.3 is 0 Å². The van der Waals surface area contributed by atoms with Crippen molar-refractivity contribution < 1.29 is 0 Å². The van der Waals surface area contributed by atoms with Crippen LogP contribution in [0.5, 0.6) is 0 Å². The van der Waals surface area contributed by atoms with Crippen molar-refractivity contribution in [2.24, 2.45) is 5.10 Å². The maximum atomic E-state index is 4.52. The zero-order valence-electron chi connectivity index (χ0n) is 10.9. The van der Waals surface area contributed by atoms with E-state index in [9.17, 15) is 0 Å². The highest BCUT2D eigenvalue weighted by molar-refractivity contribution is 7.14. The van der Waals surface area contributed by atoms with E-state index in [0.717, 1.165) is 21.3 Å². The van der Waals surface area contributed by atoms with E-state index in [1.807, 2.05) is 29.8 Å². The molecule has 1 N–H and O–H groups in total. The maximum absolute atomic E-state index is 4.52. The zero-order valence-corrected chi connectivity index (χ0v) is 12.5. The van der Waals surface area contributed by atoms with Crippen LogP contribution in [0.25, 0.3) is 11.3 Å². The van der Waals surface area contributed by atoms with Crippen molar-refractivity contribution in [2.75, 3.05) is 5.43 Å². The molecule has 0 fully saturated rings. The highest BCUT2D eigenvalue weighted by Gasteiger charge is 2.03. The van der Waals surface area contributed by atoms with Gasteiger partial charge in [0.25, 0.3) is 0 Å². The summed E-state index contributed by atoms with van der Waals surface area (Å²) in [5, 5.41) is 9.13. The average molecular weight is 299 g/mol. The fourth-order valence-electron chi connectivity index (χ4n) is 1.73. The number of aryl methyl sites for hydroxylation is 1. The predicted octanol–water partition coefficient (Wildman–Crippen LogP) is 4.63. The molecule has 100 valence electrons. The van der Waals surface area contributed by atoms with Crippen LogP contribution in [0.3, 0.4) is 0 Å². The van der Waals surface area contributed by atoms with Gasteiger partial charge in [0, 0.05) is 15.8 Å². The minimum atomic E-state index is 0.800. The van der Waals surface area contributed by atoms with Crippen LogP contribution in [0.15, 0.2) is 52.3 Å². The quantitative estimate of drug-likeness (QED) is 0.563. The lowest BCUT2D eigenvalue weighted by Gasteiger charge is -1.95. The van der Waals surface area contributed by atoms with Gasteiger partial charge in [-0.05, 0) is 23.9 Å². The SMILES string of the molecule is Cc1ccsc1/C=N\Nc1nc(-c2ccccc2)cs1. The van der Waals surface area contributed by atoms with Crippen molar-refractivity contribution in [3.63, 3.8) is 0 Å². The normalized spacial score (nSPS) is 11.1. The van der Waals surface area contributed by atoms with Gasteiger partial charge in [-0.15, -0.1) is 22.7 Å². The molecule has 0 bridgehead atoms. The molecular formula is C15H13N3S2. The molecule has 3 rings (SSSR count). The van der Waals surface area contributed by atoms with Gasteiger partial charge in [0.05, 0.1) is 11.9 Å². The lowest BCUT2D eigenvalue weighted by Crippen LogP contribution is -1.89. The summed E-state index contributed by atoms with van der Waals surface area (Å²) >= 11 is 3.23. The second kappa shape index (κ2) is 5.98. The van der Waals surface area contributed by atoms with Gasteiger partial charge in [0.2, 0.25) is 5.13 Å². The first kappa shape index (κ1) is 13.0. The number of benzene rings is 1. The second-order valence-electron chi connectivity index (χ2n) is 4.24. The third-order valence-corrected chi connectivity index (χ3v) is 4.52. The number of hydrazone groups is 1. The van der Waals surface area contributed by atoms with Gasteiger partial charge in [-0.2, -0.15) is 5.10 Å². The molecular weight excluding hydrogens is 286 g/mol. The Morgan fingerprint density at radius 2 is 2.00 bits per heavy atom. The lowest BCUT2D eigenvalue weighted by molar-refractivity contribution is 1.29. The Morgan fingerprint density at radius 3 is 2.75 bits per heavy atom. The van der Waals surface area contributed by atoms with Crippen LogP contribution in [-0.4, -0.2) is 11.2 Å². The van der Waals surface area contributed by atoms with Crippen LogP contribution in [0, 0.1) is 6.92 Å². The van der Waals surface area contributed by atoms with Crippen LogP contribution in [0.4, 0.5) is 5.13 Å². The fraction of sp³-hybridized carbons (Fsp3) is 0.0667. The minimum Gasteiger partial charge on any atom is -0.253 e. The summed E-state index contributed by atoms with van der Waals surface area (Å²) in [5.74, 6) is 0. The molecule has 0 aliphatic carbocycles. The van der Waals surface area contributed by atoms with E-state index in [1.54, 1.807) is 22.7 Å². The number of nitrogens with zero attached hydrogens (tertiary/aromatic N) is 2. The molecule has 3 nitrogen and oxygen atoms in total. The van der Waals surface area contributed by atoms with Crippen molar-refractivity contribution >= 4 is 34.0 Å². The molecule has 2 aromatic heterocycles. The number of thiophene rings is 1. The minimum absolute atomic E-state index is 0.800. The van der Waals surface area contributed by atoms with Gasteiger partial charge in [-0.3, -0.25) is 5.43 Å². The molecule has 0 aliphatic heterocycles. The van der Waals surface area contributed by atoms with Crippen LogP contribution >= 0.6 is 22.7 Å². The molecule has 5 heteroatoms. The van der Waals surface area contributed by atoms with Gasteiger partial charge in [-0.25, -0.2) is 4.98 Å². The first-order valence-electron chi connectivity index (χ1n) is 6.17. The molecule has 0 saturated carbocycles. The molecule has 0 radical (unpaired) electrons. The molecule has 0 saturated heterocycles. The Labute approximate surface area is 125 Å². The molecule has 2 heterocycles. The average Bonchev–Trinajstić information content (AvgIpc) is 3.10. The van der Waals surface area contributed by atoms with Gasteiger partial charge in [-0.1, -0.05) is 30.3 Å². The standard InChI is InChI=1S/C15H13N3S2/c1-11-7-8-19-14(11)9-16-18-15-17-13(10-20-15)12-5-3-2-4-6-12/h2-10H,1H3,(H,17,18)/b16-9-. The summed E-state index contributed by atoms with van der Waals surface area (Å²) in [6, 6.07) is 12.2. The largest absolute Gasteiger partial charge is 0.253 e. The summed E-state index contributed by atoms with van der Waals surface area (Å²) in [7, 11) is 0. The first-order valence-corrected chi connectivity index (χ1v) is 7.93. The molecule has 0 aliphatic rings. The Morgan fingerprint density at radius 1 is 1.15 bits per heavy atom. The highest BCUT2D eigenvalue weighted by atomic mass is 32.1. The summed E-state index contributed by atoms with van der Waals surface area (Å²) in [6.07, 6.45) is 1.84. The van der Waals surface area contributed by atoms with E-state index >= 15 is 0 Å². The Hall–Kier alpha value is -1.98. The zero-order chi connectivity index (χ0) is 13.8. The Balaban J connectivity index is 1.69. The molecule has 0 spiro atoms. The highest BCUT2D eigenvalue weighted by Crippen LogP contribution is 2.24. The second-order valence-corrected chi connectivity index (χ2v) is 6.05. The van der Waals surface area contributed by atoms with E-state index in [1.165, 1.54) is 5.56 Å². The molecule has 20 heavy (non-hydrogen) atoms. The summed E-state index contributed by atoms with van der Waals surface area (Å²) in [5.41, 5.74) is 6.32. The number of thiazole rings is 1. The van der Waals surface area contributed by atoms with Crippen molar-refractivity contribution in [2.45, 2.75) is 6.92 Å². The third-order valence-electron chi connectivity index (χ3n) is 2.82. The number of nitrogens with one attached hydrogen (secondary N) is 1.